The van der Waals surface area contributed by atoms with E-state index in [0.717, 1.165) is 27.9 Å². The first kappa shape index (κ1) is 24.7. The molecule has 0 bridgehead atoms. The fourth-order valence-corrected chi connectivity index (χ4v) is 4.22. The first-order valence-corrected chi connectivity index (χ1v) is 11.6. The van der Waals surface area contributed by atoms with Crippen LogP contribution in [0.3, 0.4) is 0 Å². The number of benzene rings is 2. The van der Waals surface area contributed by atoms with E-state index in [1.807, 2.05) is 26.0 Å². The van der Waals surface area contributed by atoms with Gasteiger partial charge in [0, 0.05) is 17.2 Å². The third kappa shape index (κ3) is 5.98. The number of carbonyl (C=O) groups is 1. The quantitative estimate of drug-likeness (QED) is 0.426. The fraction of sp³-hybridized carbons (Fsp3) is 0.357. The smallest absolute Gasteiger partial charge is 0.307 e. The van der Waals surface area contributed by atoms with Crippen LogP contribution in [0.25, 0.3) is 11.1 Å². The van der Waals surface area contributed by atoms with Crippen LogP contribution < -0.4 is 9.47 Å². The average molecular weight is 480 g/mol. The number of halogens is 1. The van der Waals surface area contributed by atoms with Crippen LogP contribution in [0, 0.1) is 25.6 Å². The van der Waals surface area contributed by atoms with Gasteiger partial charge in [0.2, 0.25) is 0 Å². The first-order valence-electron chi connectivity index (χ1n) is 11.6. The van der Waals surface area contributed by atoms with Gasteiger partial charge in [0.1, 0.15) is 30.5 Å². The first-order chi connectivity index (χ1) is 16.5. The Morgan fingerprint density at radius 1 is 1.09 bits per heavy atom. The van der Waals surface area contributed by atoms with Crippen molar-refractivity contribution in [2.75, 3.05) is 6.61 Å². The lowest BCUT2D eigenvalue weighted by Gasteiger charge is -2.20. The predicted molar refractivity (Wildman–Crippen MR) is 130 cm³/mol. The van der Waals surface area contributed by atoms with Crippen LogP contribution in [0.1, 0.15) is 48.6 Å². The highest BCUT2D eigenvalue weighted by molar-refractivity contribution is 5.75. The van der Waals surface area contributed by atoms with E-state index in [-0.39, 0.29) is 30.9 Å². The molecule has 6 nitrogen and oxygen atoms in total. The number of aromatic nitrogens is 1. The average Bonchev–Trinajstić information content (AvgIpc) is 3.59. The molecular weight excluding hydrogens is 449 g/mol. The summed E-state index contributed by atoms with van der Waals surface area (Å²) in [5, 5.41) is 19.0. The van der Waals surface area contributed by atoms with Gasteiger partial charge in [-0.1, -0.05) is 6.07 Å². The topological polar surface area (TPSA) is 88.9 Å². The van der Waals surface area contributed by atoms with Gasteiger partial charge in [-0.25, -0.2) is 4.39 Å². The van der Waals surface area contributed by atoms with Crippen LogP contribution in [-0.4, -0.2) is 33.4 Å². The Balaban J connectivity index is 1.47. The van der Waals surface area contributed by atoms with E-state index in [9.17, 15) is 14.3 Å². The SMILES string of the molecule is Cc1cc(OCC(C)(C)O)cc(C)c1-c1ccc(F)c(COc2ccc(C3C[C@H]3C(=O)O)nc2)c1. The number of nitrogens with zero attached hydrogens (tertiary/aromatic N) is 1. The Labute approximate surface area is 204 Å². The fourth-order valence-electron chi connectivity index (χ4n) is 4.22. The zero-order valence-electron chi connectivity index (χ0n) is 20.3. The van der Waals surface area contributed by atoms with Gasteiger partial charge in [-0.15, -0.1) is 0 Å². The van der Waals surface area contributed by atoms with E-state index in [1.165, 1.54) is 6.07 Å². The minimum absolute atomic E-state index is 0.0345. The maximum absolute atomic E-state index is 14.6. The monoisotopic (exact) mass is 479 g/mol. The number of aliphatic hydroxyl groups is 1. The number of hydrogen-bond donors (Lipinski definition) is 2. The number of pyridine rings is 1. The van der Waals surface area contributed by atoms with Gasteiger partial charge in [0.15, 0.2) is 0 Å². The summed E-state index contributed by atoms with van der Waals surface area (Å²) in [6.07, 6.45) is 2.15. The second-order valence-electron chi connectivity index (χ2n) is 9.83. The number of ether oxygens (including phenoxy) is 2. The molecule has 2 aromatic carbocycles. The second kappa shape index (κ2) is 9.66. The Morgan fingerprint density at radius 2 is 1.80 bits per heavy atom. The number of carboxylic acids is 1. The standard InChI is InChI=1S/C28H30FNO5/c1-16-9-21(35-15-28(3,4)33)10-17(2)26(16)18-5-7-24(29)19(11-18)14-34-20-6-8-25(30-13-20)22-12-23(22)27(31)32/h5-11,13,22-23,33H,12,14-15H2,1-4H3,(H,31,32)/t22?,23-/m1/s1. The van der Waals surface area contributed by atoms with Crippen LogP contribution >= 0.6 is 0 Å². The van der Waals surface area contributed by atoms with Crippen molar-refractivity contribution < 1.29 is 28.9 Å². The Morgan fingerprint density at radius 3 is 2.37 bits per heavy atom. The van der Waals surface area contributed by atoms with E-state index in [4.69, 9.17) is 14.6 Å². The molecule has 1 aromatic heterocycles. The van der Waals surface area contributed by atoms with E-state index >= 15 is 0 Å². The van der Waals surface area contributed by atoms with Crippen molar-refractivity contribution in [3.63, 3.8) is 0 Å². The molecule has 1 saturated carbocycles. The zero-order valence-corrected chi connectivity index (χ0v) is 20.3. The summed E-state index contributed by atoms with van der Waals surface area (Å²) in [6.45, 7) is 7.54. The van der Waals surface area contributed by atoms with Crippen molar-refractivity contribution >= 4 is 5.97 Å². The molecule has 0 aliphatic heterocycles. The molecule has 1 heterocycles. The van der Waals surface area contributed by atoms with Crippen LogP contribution in [-0.2, 0) is 11.4 Å². The third-order valence-electron chi connectivity index (χ3n) is 6.07. The Kier molecular flexibility index (Phi) is 6.81. The molecule has 0 spiro atoms. The van der Waals surface area contributed by atoms with Crippen molar-refractivity contribution in [3.8, 4) is 22.6 Å². The molecule has 2 N–H and O–H groups in total. The van der Waals surface area contributed by atoms with Crippen molar-refractivity contribution in [1.29, 1.82) is 0 Å². The van der Waals surface area contributed by atoms with Crippen LogP contribution in [0.4, 0.5) is 4.39 Å². The minimum atomic E-state index is -0.930. The number of hydrogen-bond acceptors (Lipinski definition) is 5. The minimum Gasteiger partial charge on any atom is -0.491 e. The summed E-state index contributed by atoms with van der Waals surface area (Å²) >= 11 is 0. The molecule has 1 unspecified atom stereocenters. The maximum atomic E-state index is 14.6. The molecule has 3 aromatic rings. The number of aryl methyl sites for hydroxylation is 2. The Bertz CT molecular complexity index is 1210. The molecule has 0 radical (unpaired) electrons. The molecular formula is C28H30FNO5. The van der Waals surface area contributed by atoms with Gasteiger partial charge in [0.25, 0.3) is 0 Å². The molecule has 0 saturated heterocycles. The van der Waals surface area contributed by atoms with Gasteiger partial charge >= 0.3 is 5.97 Å². The molecule has 1 aliphatic rings. The van der Waals surface area contributed by atoms with Crippen molar-refractivity contribution in [3.05, 3.63) is 76.9 Å². The molecule has 0 amide bonds. The molecule has 7 heteroatoms. The highest BCUT2D eigenvalue weighted by Crippen LogP contribution is 2.46. The molecule has 2 atom stereocenters. The van der Waals surface area contributed by atoms with Gasteiger partial charge in [-0.3, -0.25) is 9.78 Å². The summed E-state index contributed by atoms with van der Waals surface area (Å²) in [6, 6.07) is 12.3. The second-order valence-corrected chi connectivity index (χ2v) is 9.83. The van der Waals surface area contributed by atoms with Gasteiger partial charge in [-0.05, 0) is 92.8 Å². The van der Waals surface area contributed by atoms with Crippen molar-refractivity contribution in [1.82, 2.24) is 4.98 Å². The van der Waals surface area contributed by atoms with E-state index in [2.05, 4.69) is 4.98 Å². The van der Waals surface area contributed by atoms with Crippen molar-refractivity contribution in [2.45, 2.75) is 52.2 Å². The van der Waals surface area contributed by atoms with Crippen LogP contribution in [0.2, 0.25) is 0 Å². The number of rotatable bonds is 9. The van der Waals surface area contributed by atoms with Crippen LogP contribution in [0.5, 0.6) is 11.5 Å². The Hall–Kier alpha value is -3.45. The predicted octanol–water partition coefficient (Wildman–Crippen LogP) is 5.42. The number of carboxylic acid groups (broad SMARTS) is 1. The lowest BCUT2D eigenvalue weighted by atomic mass is 9.94. The normalized spacial score (nSPS) is 17.2. The maximum Gasteiger partial charge on any atom is 0.307 e. The van der Waals surface area contributed by atoms with Gasteiger partial charge < -0.3 is 19.7 Å². The van der Waals surface area contributed by atoms with Gasteiger partial charge in [-0.2, -0.15) is 0 Å². The summed E-state index contributed by atoms with van der Waals surface area (Å²) in [4.78, 5) is 15.4. The van der Waals surface area contributed by atoms with E-state index in [0.29, 0.717) is 23.5 Å². The zero-order chi connectivity index (χ0) is 25.3. The molecule has 1 aliphatic carbocycles. The lowest BCUT2D eigenvalue weighted by Crippen LogP contribution is -2.27. The van der Waals surface area contributed by atoms with Crippen molar-refractivity contribution in [2.24, 2.45) is 5.92 Å². The largest absolute Gasteiger partial charge is 0.491 e. The van der Waals surface area contributed by atoms with Crippen LogP contribution in [0.15, 0.2) is 48.7 Å². The lowest BCUT2D eigenvalue weighted by molar-refractivity contribution is -0.138. The van der Waals surface area contributed by atoms with Gasteiger partial charge in [0.05, 0.1) is 17.7 Å². The van der Waals surface area contributed by atoms with E-state index in [1.54, 1.807) is 44.3 Å². The molecule has 184 valence electrons. The summed E-state index contributed by atoms with van der Waals surface area (Å²) < 4.78 is 26.1. The molecule has 4 rings (SSSR count). The summed E-state index contributed by atoms with van der Waals surface area (Å²) in [5.41, 5.74) is 4.05. The van der Waals surface area contributed by atoms with E-state index < -0.39 is 11.6 Å². The highest BCUT2D eigenvalue weighted by Gasteiger charge is 2.45. The number of aliphatic carboxylic acids is 1. The summed E-state index contributed by atoms with van der Waals surface area (Å²) in [5.74, 6) is -0.398. The third-order valence-corrected chi connectivity index (χ3v) is 6.07. The molecule has 35 heavy (non-hydrogen) atoms. The summed E-state index contributed by atoms with van der Waals surface area (Å²) in [7, 11) is 0. The molecule has 1 fully saturated rings. The highest BCUT2D eigenvalue weighted by atomic mass is 19.1.